The third-order valence-electron chi connectivity index (χ3n) is 4.89. The van der Waals surface area contributed by atoms with Gasteiger partial charge in [-0.25, -0.2) is 0 Å². The Morgan fingerprint density at radius 1 is 1.08 bits per heavy atom. The van der Waals surface area contributed by atoms with E-state index in [1.807, 2.05) is 57.2 Å². The predicted octanol–water partition coefficient (Wildman–Crippen LogP) is 3.93. The number of benzene rings is 2. The molecule has 1 N–H and O–H groups in total. The average Bonchev–Trinajstić information content (AvgIpc) is 3.00. The zero-order valence-electron chi connectivity index (χ0n) is 15.1. The molecular weight excluding hydrogens is 330 g/mol. The van der Waals surface area contributed by atoms with Crippen LogP contribution in [0.1, 0.15) is 27.2 Å². The highest BCUT2D eigenvalue weighted by molar-refractivity contribution is 5.99. The summed E-state index contributed by atoms with van der Waals surface area (Å²) in [6, 6.07) is 11.6. The van der Waals surface area contributed by atoms with Crippen LogP contribution in [0.3, 0.4) is 0 Å². The van der Waals surface area contributed by atoms with Crippen molar-refractivity contribution in [3.8, 4) is 11.5 Å². The van der Waals surface area contributed by atoms with Gasteiger partial charge in [-0.3, -0.25) is 4.79 Å². The van der Waals surface area contributed by atoms with E-state index in [9.17, 15) is 4.79 Å². The minimum Gasteiger partial charge on any atom is -0.486 e. The first-order chi connectivity index (χ1) is 12.5. The van der Waals surface area contributed by atoms with Gasteiger partial charge in [0.2, 0.25) is 0 Å². The first-order valence-electron chi connectivity index (χ1n) is 8.70. The van der Waals surface area contributed by atoms with E-state index in [1.165, 1.54) is 0 Å². The van der Waals surface area contributed by atoms with Crippen LogP contribution in [0.15, 0.2) is 40.8 Å². The van der Waals surface area contributed by atoms with Gasteiger partial charge in [-0.1, -0.05) is 24.3 Å². The molecule has 0 spiro atoms. The fraction of sp³-hybridized carbons (Fsp3) is 0.286. The van der Waals surface area contributed by atoms with Crippen molar-refractivity contribution in [3.05, 3.63) is 58.8 Å². The molecule has 134 valence electrons. The van der Waals surface area contributed by atoms with Crippen molar-refractivity contribution in [2.45, 2.75) is 26.9 Å². The second-order valence-electron chi connectivity index (χ2n) is 6.65. The van der Waals surface area contributed by atoms with Gasteiger partial charge in [0.15, 0.2) is 17.3 Å². The summed E-state index contributed by atoms with van der Waals surface area (Å²) in [4.78, 5) is 12.6. The number of carbonyl (C=O) groups excluding carboxylic acids is 1. The second kappa shape index (κ2) is 6.41. The number of furan rings is 1. The topological polar surface area (TPSA) is 60.7 Å². The molecule has 0 aliphatic carbocycles. The Balaban J connectivity index is 1.48. The number of carbonyl (C=O) groups is 1. The van der Waals surface area contributed by atoms with Crippen LogP contribution < -0.4 is 14.8 Å². The van der Waals surface area contributed by atoms with E-state index in [-0.39, 0.29) is 12.0 Å². The summed E-state index contributed by atoms with van der Waals surface area (Å²) in [5.41, 5.74) is 3.83. The van der Waals surface area contributed by atoms with Gasteiger partial charge in [0.1, 0.15) is 18.3 Å². The second-order valence-corrected chi connectivity index (χ2v) is 6.65. The van der Waals surface area contributed by atoms with Crippen LogP contribution in [-0.2, 0) is 0 Å². The molecule has 0 fully saturated rings. The van der Waals surface area contributed by atoms with Crippen molar-refractivity contribution >= 4 is 16.9 Å². The largest absolute Gasteiger partial charge is 0.486 e. The number of aryl methyl sites for hydroxylation is 3. The summed E-state index contributed by atoms with van der Waals surface area (Å²) >= 11 is 0. The van der Waals surface area contributed by atoms with E-state index in [0.717, 1.165) is 33.4 Å². The Kier molecular flexibility index (Phi) is 4.07. The number of nitrogens with one attached hydrogen (secondary N) is 1. The summed E-state index contributed by atoms with van der Waals surface area (Å²) < 4.78 is 17.4. The molecule has 0 unspecified atom stereocenters. The Morgan fingerprint density at radius 2 is 1.85 bits per heavy atom. The Labute approximate surface area is 151 Å². The molecule has 0 saturated carbocycles. The minimum atomic E-state index is -0.238. The molecule has 0 bridgehead atoms. The molecule has 1 amide bonds. The standard InChI is InChI=1S/C21H21NO4/c1-12-8-9-16-14(3)20(26-19(16)13(12)2)21(23)22-10-15-11-24-17-6-4-5-7-18(17)25-15/h4-9,15H,10-11H2,1-3H3,(H,22,23)/t15-/m1/s1. The summed E-state index contributed by atoms with van der Waals surface area (Å²) in [7, 11) is 0. The molecule has 1 atom stereocenters. The first-order valence-corrected chi connectivity index (χ1v) is 8.70. The summed E-state index contributed by atoms with van der Waals surface area (Å²) in [6.45, 7) is 6.69. The number of ether oxygens (including phenoxy) is 2. The third-order valence-corrected chi connectivity index (χ3v) is 4.89. The van der Waals surface area contributed by atoms with Gasteiger partial charge in [0.25, 0.3) is 5.91 Å². The van der Waals surface area contributed by atoms with Gasteiger partial charge in [0.05, 0.1) is 6.54 Å². The van der Waals surface area contributed by atoms with Gasteiger partial charge in [-0.15, -0.1) is 0 Å². The summed E-state index contributed by atoms with van der Waals surface area (Å²) in [6.07, 6.45) is -0.234. The van der Waals surface area contributed by atoms with Gasteiger partial charge < -0.3 is 19.2 Å². The number of rotatable bonds is 3. The molecule has 2 heterocycles. The fourth-order valence-electron chi connectivity index (χ4n) is 3.18. The van der Waals surface area contributed by atoms with E-state index < -0.39 is 0 Å². The molecule has 3 aromatic rings. The predicted molar refractivity (Wildman–Crippen MR) is 99.1 cm³/mol. The fourth-order valence-corrected chi connectivity index (χ4v) is 3.18. The molecule has 5 heteroatoms. The zero-order chi connectivity index (χ0) is 18.3. The number of para-hydroxylation sites is 2. The van der Waals surface area contributed by atoms with E-state index in [0.29, 0.717) is 24.7 Å². The quantitative estimate of drug-likeness (QED) is 0.777. The molecule has 1 aromatic heterocycles. The van der Waals surface area contributed by atoms with Crippen molar-refractivity contribution in [2.75, 3.05) is 13.2 Å². The number of amides is 1. The molecule has 0 radical (unpaired) electrons. The van der Waals surface area contributed by atoms with Gasteiger partial charge in [0, 0.05) is 10.9 Å². The van der Waals surface area contributed by atoms with Crippen molar-refractivity contribution in [1.29, 1.82) is 0 Å². The van der Waals surface area contributed by atoms with Crippen molar-refractivity contribution in [1.82, 2.24) is 5.32 Å². The maximum atomic E-state index is 12.6. The van der Waals surface area contributed by atoms with E-state index in [1.54, 1.807) is 0 Å². The van der Waals surface area contributed by atoms with Gasteiger partial charge >= 0.3 is 0 Å². The highest BCUT2D eigenvalue weighted by Gasteiger charge is 2.23. The van der Waals surface area contributed by atoms with Crippen LogP contribution in [0, 0.1) is 20.8 Å². The Hall–Kier alpha value is -2.95. The van der Waals surface area contributed by atoms with E-state index in [2.05, 4.69) is 5.32 Å². The monoisotopic (exact) mass is 351 g/mol. The minimum absolute atomic E-state index is 0.234. The SMILES string of the molecule is Cc1ccc2c(C)c(C(=O)NC[C@@H]3COc4ccccc4O3)oc2c1C. The maximum absolute atomic E-state index is 12.6. The molecule has 26 heavy (non-hydrogen) atoms. The maximum Gasteiger partial charge on any atom is 0.287 e. The van der Waals surface area contributed by atoms with Crippen LogP contribution in [0.25, 0.3) is 11.0 Å². The Morgan fingerprint density at radius 3 is 2.65 bits per heavy atom. The molecule has 1 aliphatic rings. The molecule has 2 aromatic carbocycles. The summed E-state index contributed by atoms with van der Waals surface area (Å²) in [5, 5.41) is 3.87. The average molecular weight is 351 g/mol. The van der Waals surface area contributed by atoms with Crippen molar-refractivity contribution in [2.24, 2.45) is 0 Å². The van der Waals surface area contributed by atoms with Crippen LogP contribution in [0.2, 0.25) is 0 Å². The van der Waals surface area contributed by atoms with Crippen LogP contribution in [0.4, 0.5) is 0 Å². The van der Waals surface area contributed by atoms with Crippen LogP contribution in [-0.4, -0.2) is 25.2 Å². The molecular formula is C21H21NO4. The Bertz CT molecular complexity index is 989. The normalized spacial score (nSPS) is 15.9. The van der Waals surface area contributed by atoms with Gasteiger partial charge in [-0.05, 0) is 44.0 Å². The lowest BCUT2D eigenvalue weighted by Crippen LogP contribution is -2.40. The van der Waals surface area contributed by atoms with Gasteiger partial charge in [-0.2, -0.15) is 0 Å². The molecule has 0 saturated heterocycles. The lowest BCUT2D eigenvalue weighted by molar-refractivity contribution is 0.0774. The highest BCUT2D eigenvalue weighted by atomic mass is 16.6. The highest BCUT2D eigenvalue weighted by Crippen LogP contribution is 2.31. The number of hydrogen-bond donors (Lipinski definition) is 1. The molecule has 5 nitrogen and oxygen atoms in total. The molecule has 4 rings (SSSR count). The van der Waals surface area contributed by atoms with E-state index in [4.69, 9.17) is 13.9 Å². The number of fused-ring (bicyclic) bond motifs is 2. The van der Waals surface area contributed by atoms with E-state index >= 15 is 0 Å². The van der Waals surface area contributed by atoms with Crippen molar-refractivity contribution in [3.63, 3.8) is 0 Å². The lowest BCUT2D eigenvalue weighted by atomic mass is 10.0. The first kappa shape index (κ1) is 16.5. The number of hydrogen-bond acceptors (Lipinski definition) is 4. The van der Waals surface area contributed by atoms with Crippen LogP contribution >= 0.6 is 0 Å². The summed E-state index contributed by atoms with van der Waals surface area (Å²) in [5.74, 6) is 1.54. The smallest absolute Gasteiger partial charge is 0.287 e. The van der Waals surface area contributed by atoms with Crippen molar-refractivity contribution < 1.29 is 18.7 Å². The molecule has 1 aliphatic heterocycles. The zero-order valence-corrected chi connectivity index (χ0v) is 15.1. The lowest BCUT2D eigenvalue weighted by Gasteiger charge is -2.26. The third kappa shape index (κ3) is 2.79. The van der Waals surface area contributed by atoms with Crippen LogP contribution in [0.5, 0.6) is 11.5 Å².